The van der Waals surface area contributed by atoms with Crippen molar-refractivity contribution in [2.75, 3.05) is 0 Å². The summed E-state index contributed by atoms with van der Waals surface area (Å²) >= 11 is -0.826. The predicted octanol–water partition coefficient (Wildman–Crippen LogP) is 6.88. The van der Waals surface area contributed by atoms with Gasteiger partial charge in [-0.25, -0.2) is 11.6 Å². The van der Waals surface area contributed by atoms with Gasteiger partial charge in [0.25, 0.3) is 0 Å². The molecule has 0 heterocycles. The van der Waals surface area contributed by atoms with Gasteiger partial charge in [-0.1, -0.05) is 13.0 Å². The molecular formula is C18H21Cl2Zr-3. The molecule has 3 aromatic rings. The fourth-order valence-electron chi connectivity index (χ4n) is 1.54. The van der Waals surface area contributed by atoms with Gasteiger partial charge in [0.1, 0.15) is 0 Å². The van der Waals surface area contributed by atoms with Crippen LogP contribution in [0, 0.1) is 13.3 Å². The summed E-state index contributed by atoms with van der Waals surface area (Å²) in [6.45, 7) is 6.08. The van der Waals surface area contributed by atoms with Gasteiger partial charge < -0.3 is 6.42 Å². The Bertz CT molecular complexity index is 509. The van der Waals surface area contributed by atoms with Crippen molar-refractivity contribution in [3.05, 3.63) is 78.7 Å². The van der Waals surface area contributed by atoms with Crippen LogP contribution in [0.4, 0.5) is 0 Å². The topological polar surface area (TPSA) is 0 Å². The molecule has 114 valence electrons. The molecule has 0 saturated carbocycles. The molecule has 3 heteroatoms. The first kappa shape index (κ1) is 20.6. The van der Waals surface area contributed by atoms with E-state index in [1.165, 1.54) is 16.3 Å². The third-order valence-corrected chi connectivity index (χ3v) is 2.38. The van der Waals surface area contributed by atoms with E-state index < -0.39 is 20.8 Å². The van der Waals surface area contributed by atoms with Crippen LogP contribution in [0.15, 0.2) is 66.7 Å². The van der Waals surface area contributed by atoms with Gasteiger partial charge >= 0.3 is 37.9 Å². The van der Waals surface area contributed by atoms with Crippen molar-refractivity contribution >= 4 is 27.8 Å². The number of hydrogen-bond acceptors (Lipinski definition) is 0. The van der Waals surface area contributed by atoms with E-state index in [4.69, 9.17) is 17.0 Å². The zero-order valence-corrected chi connectivity index (χ0v) is 16.7. The normalized spacial score (nSPS) is 8.43. The second-order valence-corrected chi connectivity index (χ2v) is 8.00. The second kappa shape index (κ2) is 14.6. The maximum absolute atomic E-state index is 4.93. The summed E-state index contributed by atoms with van der Waals surface area (Å²) < 4.78 is 0. The minimum Gasteiger partial charge on any atom is -0.168 e. The monoisotopic (exact) mass is 397 g/mol. The molecule has 3 rings (SSSR count). The van der Waals surface area contributed by atoms with Crippen molar-refractivity contribution in [2.45, 2.75) is 20.8 Å². The number of hydrogen-bond donors (Lipinski definition) is 0. The van der Waals surface area contributed by atoms with Crippen LogP contribution in [-0.2, 0) is 20.8 Å². The number of aryl methyl sites for hydroxylation is 1. The summed E-state index contributed by atoms with van der Waals surface area (Å²) in [4.78, 5) is 0. The van der Waals surface area contributed by atoms with Crippen LogP contribution in [0.25, 0.3) is 10.8 Å². The minimum atomic E-state index is -0.826. The smallest absolute Gasteiger partial charge is 0.0809 e. The largest absolute Gasteiger partial charge is 0.168 e. The predicted molar refractivity (Wildman–Crippen MR) is 93.7 cm³/mol. The van der Waals surface area contributed by atoms with Crippen LogP contribution >= 0.6 is 17.0 Å². The Labute approximate surface area is 147 Å². The summed E-state index contributed by atoms with van der Waals surface area (Å²) in [6.07, 6.45) is 2.00. The van der Waals surface area contributed by atoms with Gasteiger partial charge in [-0.05, 0) is 0 Å². The fourth-order valence-corrected chi connectivity index (χ4v) is 1.54. The number of benzene rings is 1. The number of rotatable bonds is 0. The van der Waals surface area contributed by atoms with E-state index in [1.54, 1.807) is 0 Å². The maximum atomic E-state index is 4.93. The Hall–Kier alpha value is -0.357. The van der Waals surface area contributed by atoms with Gasteiger partial charge in [-0.2, -0.15) is 49.6 Å². The Balaban J connectivity index is 0.000000291. The molecule has 0 spiro atoms. The van der Waals surface area contributed by atoms with E-state index in [-0.39, 0.29) is 0 Å². The van der Waals surface area contributed by atoms with Crippen molar-refractivity contribution in [1.29, 1.82) is 0 Å². The van der Waals surface area contributed by atoms with Gasteiger partial charge in [0.05, 0.1) is 0 Å². The molecule has 0 aliphatic heterocycles. The van der Waals surface area contributed by atoms with E-state index in [2.05, 4.69) is 61.5 Å². The van der Waals surface area contributed by atoms with E-state index in [0.717, 1.165) is 0 Å². The van der Waals surface area contributed by atoms with Gasteiger partial charge in [0, 0.05) is 0 Å². The first-order valence-electron chi connectivity index (χ1n) is 6.68. The van der Waals surface area contributed by atoms with Crippen LogP contribution < -0.4 is 0 Å². The fraction of sp³-hybridized carbons (Fsp3) is 0.167. The van der Waals surface area contributed by atoms with Crippen molar-refractivity contribution in [3.8, 4) is 0 Å². The van der Waals surface area contributed by atoms with Gasteiger partial charge in [0.15, 0.2) is 0 Å². The second-order valence-electron chi connectivity index (χ2n) is 4.27. The zero-order valence-electron chi connectivity index (χ0n) is 12.7. The SMILES string of the molecule is C[CH-]C.Cc1cc[cH-]c1.[Cl][Zr][Cl].c1ccc2[cH-]ccc2c1. The summed E-state index contributed by atoms with van der Waals surface area (Å²) in [6, 6.07) is 22.9. The summed E-state index contributed by atoms with van der Waals surface area (Å²) in [7, 11) is 9.87. The minimum absolute atomic E-state index is 0.826. The Kier molecular flexibility index (Phi) is 14.3. The van der Waals surface area contributed by atoms with Crippen LogP contribution in [0.3, 0.4) is 0 Å². The molecule has 0 fully saturated rings. The first-order valence-corrected chi connectivity index (χ1v) is 13.0. The van der Waals surface area contributed by atoms with Crippen molar-refractivity contribution in [3.63, 3.8) is 0 Å². The molecule has 0 saturated heterocycles. The first-order chi connectivity index (χ1) is 10.2. The zero-order chi connectivity index (χ0) is 15.9. The third-order valence-electron chi connectivity index (χ3n) is 2.38. The Morgan fingerprint density at radius 1 is 1.00 bits per heavy atom. The van der Waals surface area contributed by atoms with Crippen molar-refractivity contribution in [2.24, 2.45) is 0 Å². The molecule has 0 radical (unpaired) electrons. The molecule has 0 atom stereocenters. The van der Waals surface area contributed by atoms with E-state index in [0.29, 0.717) is 0 Å². The molecule has 0 unspecified atom stereocenters. The molecular weight excluding hydrogens is 378 g/mol. The number of halogens is 2. The average Bonchev–Trinajstić information content (AvgIpc) is 3.12. The van der Waals surface area contributed by atoms with E-state index in [9.17, 15) is 0 Å². The summed E-state index contributed by atoms with van der Waals surface area (Å²) in [5.74, 6) is 0. The molecule has 0 N–H and O–H groups in total. The van der Waals surface area contributed by atoms with Crippen molar-refractivity contribution < 1.29 is 20.8 Å². The van der Waals surface area contributed by atoms with E-state index >= 15 is 0 Å². The van der Waals surface area contributed by atoms with Crippen LogP contribution in [0.1, 0.15) is 19.4 Å². The van der Waals surface area contributed by atoms with Gasteiger partial charge in [-0.15, -0.1) is 29.7 Å². The van der Waals surface area contributed by atoms with Gasteiger partial charge in [-0.3, -0.25) is 0 Å². The summed E-state index contributed by atoms with van der Waals surface area (Å²) in [5, 5.41) is 2.66. The molecule has 0 nitrogen and oxygen atoms in total. The molecule has 3 aromatic carbocycles. The molecule has 21 heavy (non-hydrogen) atoms. The third kappa shape index (κ3) is 10.9. The molecule has 0 aliphatic carbocycles. The van der Waals surface area contributed by atoms with Crippen molar-refractivity contribution in [1.82, 2.24) is 0 Å². The Morgan fingerprint density at radius 2 is 1.62 bits per heavy atom. The van der Waals surface area contributed by atoms with Crippen LogP contribution in [-0.4, -0.2) is 0 Å². The Morgan fingerprint density at radius 3 is 2.05 bits per heavy atom. The molecule has 0 aromatic heterocycles. The van der Waals surface area contributed by atoms with E-state index in [1.807, 2.05) is 32.4 Å². The van der Waals surface area contributed by atoms with Crippen LogP contribution in [0.2, 0.25) is 0 Å². The molecule has 0 amide bonds. The van der Waals surface area contributed by atoms with Gasteiger partial charge in [0.2, 0.25) is 0 Å². The number of fused-ring (bicyclic) bond motifs is 1. The standard InChI is InChI=1S/C9H7.C6H7.C3H7.2ClH.Zr/c1-2-5-9-7-3-6-8(9)4-1;1-6-4-2-3-5-6;1-3-2;;;/h1-7H;2-5H,1H3;3H,1-2H3;2*1H;/q3*-1;;;+2/p-2. The maximum Gasteiger partial charge on any atom is -0.0809 e. The molecule has 0 aliphatic rings. The quantitative estimate of drug-likeness (QED) is 0.362. The molecule has 0 bridgehead atoms. The van der Waals surface area contributed by atoms with Crippen LogP contribution in [0.5, 0.6) is 0 Å². The summed E-state index contributed by atoms with van der Waals surface area (Å²) in [5.41, 5.74) is 1.34. The average molecular weight is 399 g/mol.